The van der Waals surface area contributed by atoms with Crippen molar-refractivity contribution in [2.24, 2.45) is 0 Å². The van der Waals surface area contributed by atoms with Crippen molar-refractivity contribution in [3.05, 3.63) is 12.3 Å². The van der Waals surface area contributed by atoms with Crippen molar-refractivity contribution in [1.29, 1.82) is 0 Å². The predicted octanol–water partition coefficient (Wildman–Crippen LogP) is 2.41. The minimum Gasteiger partial charge on any atom is -0.492 e. The molecular formula is C11H18O3. The van der Waals surface area contributed by atoms with Crippen LogP contribution >= 0.6 is 0 Å². The Kier molecular flexibility index (Phi) is 3.98. The molecule has 0 fully saturated rings. The number of carbonyl (C=O) groups is 1. The average Bonchev–Trinajstić information content (AvgIpc) is 2.27. The first-order valence-electron chi connectivity index (χ1n) is 5.21. The van der Waals surface area contributed by atoms with E-state index in [1.807, 2.05) is 6.08 Å². The number of hydrogen-bond acceptors (Lipinski definition) is 3. The van der Waals surface area contributed by atoms with Crippen LogP contribution in [0.15, 0.2) is 12.3 Å². The summed E-state index contributed by atoms with van der Waals surface area (Å²) in [6.45, 7) is 4.22. The molecule has 80 valence electrons. The molecule has 1 unspecified atom stereocenters. The highest BCUT2D eigenvalue weighted by Crippen LogP contribution is 2.27. The summed E-state index contributed by atoms with van der Waals surface area (Å²) >= 11 is 0. The maximum absolute atomic E-state index is 11.0. The summed E-state index contributed by atoms with van der Waals surface area (Å²) in [5.74, 6) is -0.157. The summed E-state index contributed by atoms with van der Waals surface area (Å²) in [4.78, 5) is 11.0. The molecule has 0 spiro atoms. The lowest BCUT2D eigenvalue weighted by molar-refractivity contribution is -0.152. The molecule has 14 heavy (non-hydrogen) atoms. The van der Waals surface area contributed by atoms with Crippen molar-refractivity contribution < 1.29 is 14.3 Å². The zero-order valence-electron chi connectivity index (χ0n) is 8.91. The highest BCUT2D eigenvalue weighted by molar-refractivity contribution is 5.68. The summed E-state index contributed by atoms with van der Waals surface area (Å²) in [5.41, 5.74) is -0.278. The minimum absolute atomic E-state index is 0.157. The van der Waals surface area contributed by atoms with Crippen LogP contribution < -0.4 is 0 Å². The van der Waals surface area contributed by atoms with Gasteiger partial charge in [-0.3, -0.25) is 4.79 Å². The summed E-state index contributed by atoms with van der Waals surface area (Å²) in [7, 11) is 0. The monoisotopic (exact) mass is 198 g/mol. The number of carbonyl (C=O) groups excluding carboxylic acids is 1. The Morgan fingerprint density at radius 2 is 2.36 bits per heavy atom. The van der Waals surface area contributed by atoms with Crippen LogP contribution in [0.3, 0.4) is 0 Å². The standard InChI is InChI=1S/C11H18O3/c1-3-10(12)13-9-11(4-2)7-5-6-8-14-11/h6,8H,3-5,7,9H2,1-2H3. The molecule has 1 atom stereocenters. The van der Waals surface area contributed by atoms with Gasteiger partial charge in [0.05, 0.1) is 6.26 Å². The summed E-state index contributed by atoms with van der Waals surface area (Å²) in [6, 6.07) is 0. The Labute approximate surface area is 85.1 Å². The molecule has 0 aromatic carbocycles. The van der Waals surface area contributed by atoms with Crippen LogP contribution in [0, 0.1) is 0 Å². The molecule has 0 radical (unpaired) electrons. The highest BCUT2D eigenvalue weighted by atomic mass is 16.6. The molecule has 1 aliphatic rings. The van der Waals surface area contributed by atoms with E-state index >= 15 is 0 Å². The zero-order chi connectivity index (χ0) is 10.4. The fourth-order valence-corrected chi connectivity index (χ4v) is 1.45. The lowest BCUT2D eigenvalue weighted by atomic mass is 9.94. The molecule has 1 aliphatic heterocycles. The molecule has 0 saturated heterocycles. The van der Waals surface area contributed by atoms with Gasteiger partial charge >= 0.3 is 5.97 Å². The number of rotatable bonds is 4. The normalized spacial score (nSPS) is 25.6. The van der Waals surface area contributed by atoms with E-state index in [-0.39, 0.29) is 11.6 Å². The second-order valence-electron chi connectivity index (χ2n) is 3.58. The molecular weight excluding hydrogens is 180 g/mol. The van der Waals surface area contributed by atoms with Crippen LogP contribution in [0.2, 0.25) is 0 Å². The highest BCUT2D eigenvalue weighted by Gasteiger charge is 2.31. The van der Waals surface area contributed by atoms with Crippen molar-refractivity contribution in [3.8, 4) is 0 Å². The van der Waals surface area contributed by atoms with Gasteiger partial charge in [0.2, 0.25) is 0 Å². The number of allylic oxidation sites excluding steroid dienone is 1. The second-order valence-corrected chi connectivity index (χ2v) is 3.58. The molecule has 0 saturated carbocycles. The fraction of sp³-hybridized carbons (Fsp3) is 0.727. The molecule has 3 nitrogen and oxygen atoms in total. The molecule has 0 amide bonds. The molecule has 0 bridgehead atoms. The van der Waals surface area contributed by atoms with E-state index in [0.717, 1.165) is 19.3 Å². The number of esters is 1. The van der Waals surface area contributed by atoms with Gasteiger partial charge in [-0.25, -0.2) is 0 Å². The van der Waals surface area contributed by atoms with Gasteiger partial charge in [-0.05, 0) is 25.3 Å². The van der Waals surface area contributed by atoms with Crippen molar-refractivity contribution >= 4 is 5.97 Å². The Bertz CT molecular complexity index is 223. The topological polar surface area (TPSA) is 35.5 Å². The van der Waals surface area contributed by atoms with Gasteiger partial charge < -0.3 is 9.47 Å². The van der Waals surface area contributed by atoms with E-state index in [2.05, 4.69) is 6.92 Å². The first-order valence-corrected chi connectivity index (χ1v) is 5.21. The van der Waals surface area contributed by atoms with Crippen LogP contribution in [0.5, 0.6) is 0 Å². The third-order valence-corrected chi connectivity index (χ3v) is 2.61. The molecule has 0 aromatic rings. The molecule has 1 rings (SSSR count). The van der Waals surface area contributed by atoms with E-state index in [0.29, 0.717) is 13.0 Å². The maximum Gasteiger partial charge on any atom is 0.305 e. The molecule has 0 aliphatic carbocycles. The Morgan fingerprint density at radius 3 is 2.86 bits per heavy atom. The van der Waals surface area contributed by atoms with Crippen molar-refractivity contribution in [2.75, 3.05) is 6.61 Å². The van der Waals surface area contributed by atoms with E-state index < -0.39 is 0 Å². The minimum atomic E-state index is -0.278. The first kappa shape index (κ1) is 11.1. The van der Waals surface area contributed by atoms with Crippen LogP contribution in [0.25, 0.3) is 0 Å². The van der Waals surface area contributed by atoms with Gasteiger partial charge in [0, 0.05) is 6.42 Å². The van der Waals surface area contributed by atoms with Crippen molar-refractivity contribution in [1.82, 2.24) is 0 Å². The Hall–Kier alpha value is -0.990. The van der Waals surface area contributed by atoms with Crippen molar-refractivity contribution in [3.63, 3.8) is 0 Å². The first-order chi connectivity index (χ1) is 6.72. The second kappa shape index (κ2) is 5.03. The van der Waals surface area contributed by atoms with Crippen LogP contribution in [-0.4, -0.2) is 18.2 Å². The summed E-state index contributed by atoms with van der Waals surface area (Å²) in [5, 5.41) is 0. The Morgan fingerprint density at radius 1 is 1.57 bits per heavy atom. The van der Waals surface area contributed by atoms with Gasteiger partial charge in [0.25, 0.3) is 0 Å². The lowest BCUT2D eigenvalue weighted by Crippen LogP contribution is -2.38. The average molecular weight is 198 g/mol. The predicted molar refractivity (Wildman–Crippen MR) is 53.7 cm³/mol. The summed E-state index contributed by atoms with van der Waals surface area (Å²) < 4.78 is 10.7. The maximum atomic E-state index is 11.0. The quantitative estimate of drug-likeness (QED) is 0.651. The summed E-state index contributed by atoms with van der Waals surface area (Å²) in [6.07, 6.45) is 6.93. The molecule has 0 aromatic heterocycles. The van der Waals surface area contributed by atoms with E-state index in [1.54, 1.807) is 13.2 Å². The van der Waals surface area contributed by atoms with Crippen LogP contribution in [0.4, 0.5) is 0 Å². The number of ether oxygens (including phenoxy) is 2. The van der Waals surface area contributed by atoms with E-state index in [4.69, 9.17) is 9.47 Å². The lowest BCUT2D eigenvalue weighted by Gasteiger charge is -2.33. The third-order valence-electron chi connectivity index (χ3n) is 2.61. The number of hydrogen-bond donors (Lipinski definition) is 0. The fourth-order valence-electron chi connectivity index (χ4n) is 1.45. The molecule has 0 N–H and O–H groups in total. The van der Waals surface area contributed by atoms with E-state index in [9.17, 15) is 4.79 Å². The van der Waals surface area contributed by atoms with Gasteiger partial charge in [-0.15, -0.1) is 0 Å². The van der Waals surface area contributed by atoms with Gasteiger partial charge in [0.1, 0.15) is 12.2 Å². The Balaban J connectivity index is 2.45. The third kappa shape index (κ3) is 2.76. The van der Waals surface area contributed by atoms with Crippen molar-refractivity contribution in [2.45, 2.75) is 45.1 Å². The van der Waals surface area contributed by atoms with Gasteiger partial charge in [0.15, 0.2) is 0 Å². The smallest absolute Gasteiger partial charge is 0.305 e. The van der Waals surface area contributed by atoms with Gasteiger partial charge in [-0.1, -0.05) is 13.8 Å². The van der Waals surface area contributed by atoms with E-state index in [1.165, 1.54) is 0 Å². The van der Waals surface area contributed by atoms with Crippen LogP contribution in [-0.2, 0) is 14.3 Å². The molecule has 3 heteroatoms. The largest absolute Gasteiger partial charge is 0.492 e. The van der Waals surface area contributed by atoms with Gasteiger partial charge in [-0.2, -0.15) is 0 Å². The molecule has 1 heterocycles. The van der Waals surface area contributed by atoms with Crippen LogP contribution in [0.1, 0.15) is 39.5 Å². The zero-order valence-corrected chi connectivity index (χ0v) is 8.91. The SMILES string of the molecule is CCC(=O)OCC1(CC)CCC=CO1.